The monoisotopic (exact) mass is 310 g/mol. The van der Waals surface area contributed by atoms with Crippen LogP contribution in [-0.2, 0) is 21.3 Å². The van der Waals surface area contributed by atoms with Crippen LogP contribution in [0, 0.1) is 0 Å². The fourth-order valence-corrected chi connectivity index (χ4v) is 2.72. The molecule has 0 aliphatic carbocycles. The average Bonchev–Trinajstić information content (AvgIpc) is 2.17. The Bertz CT molecular complexity index is 357. The van der Waals surface area contributed by atoms with E-state index in [1.807, 2.05) is 0 Å². The number of carbonyl (C=O) groups excluding carboxylic acids is 1. The number of rotatable bonds is 3. The Kier molecular flexibility index (Phi) is 4.90. The van der Waals surface area contributed by atoms with Crippen LogP contribution in [0.25, 0.3) is 0 Å². The average molecular weight is 312 g/mol. The standard InChI is InChI=1S/C10H9BrCl2O2/c1-15-10(14)4-6-2-8(12)7(5-11)9(13)3-6/h2-3H,4-5H2,1H3. The summed E-state index contributed by atoms with van der Waals surface area (Å²) in [6.45, 7) is 0. The molecule has 1 aromatic rings. The third-order valence-electron chi connectivity index (χ3n) is 1.91. The van der Waals surface area contributed by atoms with Gasteiger partial charge in [0.25, 0.3) is 0 Å². The molecule has 0 fully saturated rings. The highest BCUT2D eigenvalue weighted by Crippen LogP contribution is 2.28. The summed E-state index contributed by atoms with van der Waals surface area (Å²) in [6, 6.07) is 3.45. The van der Waals surface area contributed by atoms with Crippen molar-refractivity contribution in [3.8, 4) is 0 Å². The fourth-order valence-electron chi connectivity index (χ4n) is 1.12. The Morgan fingerprint density at radius 2 is 1.93 bits per heavy atom. The van der Waals surface area contributed by atoms with Crippen molar-refractivity contribution in [2.75, 3.05) is 7.11 Å². The van der Waals surface area contributed by atoms with Crippen LogP contribution in [0.4, 0.5) is 0 Å². The molecule has 1 rings (SSSR count). The van der Waals surface area contributed by atoms with Crippen molar-refractivity contribution >= 4 is 45.1 Å². The van der Waals surface area contributed by atoms with Gasteiger partial charge >= 0.3 is 5.97 Å². The van der Waals surface area contributed by atoms with E-state index in [-0.39, 0.29) is 12.4 Å². The van der Waals surface area contributed by atoms with Gasteiger partial charge in [-0.1, -0.05) is 39.1 Å². The van der Waals surface area contributed by atoms with Gasteiger partial charge in [0, 0.05) is 15.4 Å². The highest BCUT2D eigenvalue weighted by atomic mass is 79.9. The number of halogens is 3. The summed E-state index contributed by atoms with van der Waals surface area (Å²) in [5, 5.41) is 1.69. The van der Waals surface area contributed by atoms with Gasteiger partial charge in [-0.25, -0.2) is 0 Å². The van der Waals surface area contributed by atoms with Crippen molar-refractivity contribution in [1.29, 1.82) is 0 Å². The molecule has 1 aromatic carbocycles. The molecule has 5 heteroatoms. The van der Waals surface area contributed by atoms with E-state index in [4.69, 9.17) is 23.2 Å². The van der Waals surface area contributed by atoms with E-state index in [0.29, 0.717) is 15.4 Å². The number of esters is 1. The molecule has 0 aliphatic rings. The Labute approximate surface area is 107 Å². The topological polar surface area (TPSA) is 26.3 Å². The minimum atomic E-state index is -0.311. The zero-order chi connectivity index (χ0) is 11.4. The highest BCUT2D eigenvalue weighted by Gasteiger charge is 2.09. The maximum absolute atomic E-state index is 11.0. The highest BCUT2D eigenvalue weighted by molar-refractivity contribution is 9.08. The van der Waals surface area contributed by atoms with Gasteiger partial charge in [-0.05, 0) is 23.3 Å². The second-order valence-electron chi connectivity index (χ2n) is 2.92. The van der Waals surface area contributed by atoms with Crippen LogP contribution in [-0.4, -0.2) is 13.1 Å². The van der Waals surface area contributed by atoms with Crippen molar-refractivity contribution in [2.45, 2.75) is 11.8 Å². The van der Waals surface area contributed by atoms with Crippen molar-refractivity contribution in [1.82, 2.24) is 0 Å². The minimum Gasteiger partial charge on any atom is -0.469 e. The van der Waals surface area contributed by atoms with Gasteiger partial charge in [0.1, 0.15) is 0 Å². The van der Waals surface area contributed by atoms with E-state index in [1.54, 1.807) is 12.1 Å². The normalized spacial score (nSPS) is 10.1. The number of carbonyl (C=O) groups is 1. The molecule has 0 atom stereocenters. The molecule has 0 saturated heterocycles. The van der Waals surface area contributed by atoms with Crippen LogP contribution >= 0.6 is 39.1 Å². The molecule has 0 N–H and O–H groups in total. The Balaban J connectivity index is 2.98. The maximum Gasteiger partial charge on any atom is 0.309 e. The van der Waals surface area contributed by atoms with Gasteiger partial charge < -0.3 is 4.74 Å². The molecule has 0 unspecified atom stereocenters. The van der Waals surface area contributed by atoms with Crippen LogP contribution < -0.4 is 0 Å². The molecule has 15 heavy (non-hydrogen) atoms. The summed E-state index contributed by atoms with van der Waals surface area (Å²) in [5.74, 6) is -0.311. The molecule has 0 heterocycles. The first-order chi connectivity index (χ1) is 7.08. The van der Waals surface area contributed by atoms with Gasteiger partial charge in [0.2, 0.25) is 0 Å². The van der Waals surface area contributed by atoms with Crippen LogP contribution in [0.3, 0.4) is 0 Å². The van der Waals surface area contributed by atoms with Crippen molar-refractivity contribution in [3.63, 3.8) is 0 Å². The molecule has 82 valence electrons. The molecule has 0 bridgehead atoms. The lowest BCUT2D eigenvalue weighted by Crippen LogP contribution is -2.04. The van der Waals surface area contributed by atoms with Gasteiger partial charge in [-0.3, -0.25) is 4.79 Å². The zero-order valence-electron chi connectivity index (χ0n) is 8.02. The number of hydrogen-bond acceptors (Lipinski definition) is 2. The van der Waals surface area contributed by atoms with E-state index in [9.17, 15) is 4.79 Å². The predicted octanol–water partition coefficient (Wildman–Crippen LogP) is 3.60. The largest absolute Gasteiger partial charge is 0.469 e. The smallest absolute Gasteiger partial charge is 0.309 e. The Morgan fingerprint density at radius 1 is 1.40 bits per heavy atom. The first kappa shape index (κ1) is 12.8. The van der Waals surface area contributed by atoms with E-state index in [2.05, 4.69) is 20.7 Å². The zero-order valence-corrected chi connectivity index (χ0v) is 11.1. The first-order valence-electron chi connectivity index (χ1n) is 4.18. The van der Waals surface area contributed by atoms with Gasteiger partial charge in [-0.2, -0.15) is 0 Å². The molecule has 0 spiro atoms. The fraction of sp³-hybridized carbons (Fsp3) is 0.300. The van der Waals surface area contributed by atoms with Crippen LogP contribution in [0.5, 0.6) is 0 Å². The number of benzene rings is 1. The van der Waals surface area contributed by atoms with Crippen molar-refractivity contribution < 1.29 is 9.53 Å². The second kappa shape index (κ2) is 5.73. The maximum atomic E-state index is 11.0. The molecule has 0 radical (unpaired) electrons. The van der Waals surface area contributed by atoms with E-state index in [0.717, 1.165) is 11.1 Å². The minimum absolute atomic E-state index is 0.179. The number of hydrogen-bond donors (Lipinski definition) is 0. The SMILES string of the molecule is COC(=O)Cc1cc(Cl)c(CBr)c(Cl)c1. The molecule has 2 nitrogen and oxygen atoms in total. The van der Waals surface area contributed by atoms with E-state index in [1.165, 1.54) is 7.11 Å². The lowest BCUT2D eigenvalue weighted by atomic mass is 10.1. The molecular formula is C10H9BrCl2O2. The quantitative estimate of drug-likeness (QED) is 0.630. The Morgan fingerprint density at radius 3 is 2.33 bits per heavy atom. The summed E-state index contributed by atoms with van der Waals surface area (Å²) in [6.07, 6.45) is 0.179. The number of ether oxygens (including phenoxy) is 1. The summed E-state index contributed by atoms with van der Waals surface area (Å²) in [7, 11) is 1.35. The van der Waals surface area contributed by atoms with Crippen molar-refractivity contribution in [2.24, 2.45) is 0 Å². The summed E-state index contributed by atoms with van der Waals surface area (Å²) in [5.41, 5.74) is 1.58. The third-order valence-corrected chi connectivity index (χ3v) is 3.15. The van der Waals surface area contributed by atoms with E-state index >= 15 is 0 Å². The molecular weight excluding hydrogens is 303 g/mol. The first-order valence-corrected chi connectivity index (χ1v) is 6.05. The predicted molar refractivity (Wildman–Crippen MR) is 64.8 cm³/mol. The second-order valence-corrected chi connectivity index (χ2v) is 4.30. The lowest BCUT2D eigenvalue weighted by molar-refractivity contribution is -0.139. The summed E-state index contributed by atoms with van der Waals surface area (Å²) < 4.78 is 4.56. The summed E-state index contributed by atoms with van der Waals surface area (Å²) in [4.78, 5) is 11.0. The van der Waals surface area contributed by atoms with Gasteiger partial charge in [0.05, 0.1) is 13.5 Å². The van der Waals surface area contributed by atoms with Gasteiger partial charge in [-0.15, -0.1) is 0 Å². The van der Waals surface area contributed by atoms with Gasteiger partial charge in [0.15, 0.2) is 0 Å². The number of alkyl halides is 1. The van der Waals surface area contributed by atoms with Crippen molar-refractivity contribution in [3.05, 3.63) is 33.3 Å². The molecule has 0 aliphatic heterocycles. The Hall–Kier alpha value is -0.250. The molecule has 0 amide bonds. The van der Waals surface area contributed by atoms with Crippen LogP contribution in [0.2, 0.25) is 10.0 Å². The third kappa shape index (κ3) is 3.37. The van der Waals surface area contributed by atoms with Crippen LogP contribution in [0.15, 0.2) is 12.1 Å². The lowest BCUT2D eigenvalue weighted by Gasteiger charge is -2.06. The molecule has 0 saturated carbocycles. The van der Waals surface area contributed by atoms with Crippen LogP contribution in [0.1, 0.15) is 11.1 Å². The summed E-state index contributed by atoms with van der Waals surface area (Å²) >= 11 is 15.3. The molecule has 0 aromatic heterocycles. The van der Waals surface area contributed by atoms with E-state index < -0.39 is 0 Å². The number of methoxy groups -OCH3 is 1.